The van der Waals surface area contributed by atoms with Crippen molar-refractivity contribution < 1.29 is 4.79 Å². The minimum atomic E-state index is -0.0309. The maximum atomic E-state index is 11.6. The van der Waals surface area contributed by atoms with E-state index in [2.05, 4.69) is 15.3 Å². The zero-order valence-electron chi connectivity index (χ0n) is 8.88. The third-order valence-electron chi connectivity index (χ3n) is 2.72. The van der Waals surface area contributed by atoms with Gasteiger partial charge in [-0.1, -0.05) is 17.4 Å². The van der Waals surface area contributed by atoms with Crippen LogP contribution in [0.1, 0.15) is 22.8 Å². The summed E-state index contributed by atoms with van der Waals surface area (Å²) in [5.74, 6) is 0.580. The first kappa shape index (κ1) is 10.2. The molecule has 3 heterocycles. The van der Waals surface area contributed by atoms with Crippen LogP contribution in [0.3, 0.4) is 0 Å². The number of carbonyl (C=O) groups excluding carboxylic acids is 1. The van der Waals surface area contributed by atoms with Crippen LogP contribution in [0.2, 0.25) is 0 Å². The Kier molecular flexibility index (Phi) is 2.29. The van der Waals surface area contributed by atoms with Gasteiger partial charge in [-0.25, -0.2) is 4.98 Å². The summed E-state index contributed by atoms with van der Waals surface area (Å²) in [5.41, 5.74) is 6.71. The molecule has 0 aromatic carbocycles. The van der Waals surface area contributed by atoms with E-state index >= 15 is 0 Å². The van der Waals surface area contributed by atoms with Gasteiger partial charge in [-0.05, 0) is 11.6 Å². The Morgan fingerprint density at radius 1 is 1.53 bits per heavy atom. The molecule has 0 saturated carbocycles. The maximum Gasteiger partial charge on any atom is 0.226 e. The number of carbonyl (C=O) groups is 1. The van der Waals surface area contributed by atoms with Crippen LogP contribution in [-0.4, -0.2) is 15.9 Å². The van der Waals surface area contributed by atoms with Gasteiger partial charge in [-0.15, -0.1) is 0 Å². The summed E-state index contributed by atoms with van der Waals surface area (Å²) in [5, 5.41) is 3.22. The molecule has 0 bridgehead atoms. The first-order chi connectivity index (χ1) is 8.24. The summed E-state index contributed by atoms with van der Waals surface area (Å²) in [6, 6.07) is 3.84. The van der Waals surface area contributed by atoms with Crippen molar-refractivity contribution in [2.45, 2.75) is 12.3 Å². The minimum absolute atomic E-state index is 0.0160. The average Bonchev–Trinajstić information content (AvgIpc) is 2.69. The molecular weight excluding hydrogens is 236 g/mol. The highest BCUT2D eigenvalue weighted by Gasteiger charge is 2.29. The molecule has 0 radical (unpaired) electrons. The van der Waals surface area contributed by atoms with Gasteiger partial charge in [0.05, 0.1) is 4.88 Å². The second-order valence-corrected chi connectivity index (χ2v) is 4.92. The average molecular weight is 246 g/mol. The van der Waals surface area contributed by atoms with E-state index in [0.29, 0.717) is 17.4 Å². The summed E-state index contributed by atoms with van der Waals surface area (Å²) in [7, 11) is 0. The molecule has 17 heavy (non-hydrogen) atoms. The van der Waals surface area contributed by atoms with Gasteiger partial charge in [0.15, 0.2) is 5.13 Å². The van der Waals surface area contributed by atoms with Gasteiger partial charge in [-0.3, -0.25) is 9.78 Å². The van der Waals surface area contributed by atoms with E-state index in [4.69, 9.17) is 5.73 Å². The highest BCUT2D eigenvalue weighted by atomic mass is 32.1. The number of nitrogens with zero attached hydrogens (tertiary/aromatic N) is 2. The summed E-state index contributed by atoms with van der Waals surface area (Å²) in [6.07, 6.45) is 3.91. The highest BCUT2D eigenvalue weighted by molar-refractivity contribution is 7.16. The molecule has 0 aliphatic carbocycles. The van der Waals surface area contributed by atoms with Crippen LogP contribution in [0.5, 0.6) is 0 Å². The number of nitrogen functional groups attached to an aromatic ring is 1. The van der Waals surface area contributed by atoms with E-state index in [-0.39, 0.29) is 11.8 Å². The van der Waals surface area contributed by atoms with Gasteiger partial charge in [-0.2, -0.15) is 0 Å². The molecule has 1 atom stereocenters. The highest BCUT2D eigenvalue weighted by Crippen LogP contribution is 2.40. The molecule has 0 spiro atoms. The van der Waals surface area contributed by atoms with Crippen LogP contribution in [-0.2, 0) is 4.79 Å². The van der Waals surface area contributed by atoms with Crippen molar-refractivity contribution in [2.75, 3.05) is 11.1 Å². The standard InChI is InChI=1S/C11H10N4OS/c12-11-15-10-9(17-11)7(4-8(16)14-10)6-2-1-3-13-5-6/h1-3,5,7H,4H2,(H2,12,15)(H,14,16)/t7-/m1/s1. The Balaban J connectivity index is 2.09. The lowest BCUT2D eigenvalue weighted by Crippen LogP contribution is -2.22. The van der Waals surface area contributed by atoms with Crippen LogP contribution < -0.4 is 11.1 Å². The number of amides is 1. The summed E-state index contributed by atoms with van der Waals surface area (Å²) < 4.78 is 0. The Hall–Kier alpha value is -1.95. The smallest absolute Gasteiger partial charge is 0.226 e. The SMILES string of the molecule is Nc1nc2c(s1)[C@@H](c1cccnc1)CC(=O)N2. The molecule has 0 saturated heterocycles. The third-order valence-corrected chi connectivity index (χ3v) is 3.72. The van der Waals surface area contributed by atoms with E-state index in [9.17, 15) is 4.79 Å². The van der Waals surface area contributed by atoms with Gasteiger partial charge < -0.3 is 11.1 Å². The van der Waals surface area contributed by atoms with Crippen LogP contribution in [0.4, 0.5) is 10.9 Å². The van der Waals surface area contributed by atoms with E-state index in [1.165, 1.54) is 11.3 Å². The molecule has 1 aliphatic rings. The number of hydrogen-bond acceptors (Lipinski definition) is 5. The van der Waals surface area contributed by atoms with E-state index in [1.54, 1.807) is 12.4 Å². The van der Waals surface area contributed by atoms with Crippen LogP contribution in [0, 0.1) is 0 Å². The Bertz CT molecular complexity index is 566. The lowest BCUT2D eigenvalue weighted by molar-refractivity contribution is -0.116. The molecule has 3 rings (SSSR count). The number of pyridine rings is 1. The van der Waals surface area contributed by atoms with Gasteiger partial charge in [0.2, 0.25) is 5.91 Å². The van der Waals surface area contributed by atoms with Crippen LogP contribution in [0.25, 0.3) is 0 Å². The molecule has 3 N–H and O–H groups in total. The maximum absolute atomic E-state index is 11.6. The van der Waals surface area contributed by atoms with Crippen LogP contribution >= 0.6 is 11.3 Å². The fraction of sp³-hybridized carbons (Fsp3) is 0.182. The summed E-state index contributed by atoms with van der Waals surface area (Å²) in [6.45, 7) is 0. The molecule has 6 heteroatoms. The predicted molar refractivity (Wildman–Crippen MR) is 65.9 cm³/mol. The lowest BCUT2D eigenvalue weighted by Gasteiger charge is -2.21. The van der Waals surface area contributed by atoms with Crippen molar-refractivity contribution in [3.05, 3.63) is 35.0 Å². The molecule has 86 valence electrons. The Labute approximate surface area is 102 Å². The quantitative estimate of drug-likeness (QED) is 0.800. The number of fused-ring (bicyclic) bond motifs is 1. The number of anilines is 2. The normalized spacial score (nSPS) is 18.6. The molecular formula is C11H10N4OS. The van der Waals surface area contributed by atoms with Gasteiger partial charge >= 0.3 is 0 Å². The van der Waals surface area contributed by atoms with Crippen molar-refractivity contribution in [1.82, 2.24) is 9.97 Å². The van der Waals surface area contributed by atoms with Crippen molar-refractivity contribution in [3.63, 3.8) is 0 Å². The number of aromatic nitrogens is 2. The molecule has 5 nitrogen and oxygen atoms in total. The number of nitrogens with one attached hydrogen (secondary N) is 1. The Morgan fingerprint density at radius 3 is 3.18 bits per heavy atom. The fourth-order valence-electron chi connectivity index (χ4n) is 1.99. The van der Waals surface area contributed by atoms with Gasteiger partial charge in [0.1, 0.15) is 5.82 Å². The number of nitrogens with two attached hydrogens (primary N) is 1. The second-order valence-electron chi connectivity index (χ2n) is 3.86. The minimum Gasteiger partial charge on any atom is -0.375 e. The van der Waals surface area contributed by atoms with Gasteiger partial charge in [0.25, 0.3) is 0 Å². The monoisotopic (exact) mass is 246 g/mol. The van der Waals surface area contributed by atoms with Crippen molar-refractivity contribution in [1.29, 1.82) is 0 Å². The lowest BCUT2D eigenvalue weighted by atomic mass is 9.93. The topological polar surface area (TPSA) is 80.9 Å². The first-order valence-electron chi connectivity index (χ1n) is 5.20. The van der Waals surface area contributed by atoms with Crippen molar-refractivity contribution in [2.24, 2.45) is 0 Å². The zero-order chi connectivity index (χ0) is 11.8. The Morgan fingerprint density at radius 2 is 2.41 bits per heavy atom. The van der Waals surface area contributed by atoms with E-state index in [0.717, 1.165) is 10.4 Å². The fourth-order valence-corrected chi connectivity index (χ4v) is 2.90. The molecule has 0 unspecified atom stereocenters. The molecule has 0 fully saturated rings. The molecule has 2 aromatic heterocycles. The third kappa shape index (κ3) is 1.76. The second kappa shape index (κ2) is 3.81. The molecule has 2 aromatic rings. The van der Waals surface area contributed by atoms with Crippen LogP contribution in [0.15, 0.2) is 24.5 Å². The molecule has 1 amide bonds. The van der Waals surface area contributed by atoms with E-state index < -0.39 is 0 Å². The number of thiazole rings is 1. The summed E-state index contributed by atoms with van der Waals surface area (Å²) >= 11 is 1.42. The zero-order valence-corrected chi connectivity index (χ0v) is 9.70. The first-order valence-corrected chi connectivity index (χ1v) is 6.01. The predicted octanol–water partition coefficient (Wildman–Crippen LogP) is 1.59. The molecule has 1 aliphatic heterocycles. The summed E-state index contributed by atoms with van der Waals surface area (Å²) in [4.78, 5) is 20.8. The van der Waals surface area contributed by atoms with E-state index in [1.807, 2.05) is 12.1 Å². The number of hydrogen-bond donors (Lipinski definition) is 2. The number of rotatable bonds is 1. The van der Waals surface area contributed by atoms with Crippen molar-refractivity contribution >= 4 is 28.2 Å². The largest absolute Gasteiger partial charge is 0.375 e. The van der Waals surface area contributed by atoms with Gasteiger partial charge in [0, 0.05) is 24.7 Å². The van der Waals surface area contributed by atoms with Crippen molar-refractivity contribution in [3.8, 4) is 0 Å².